The molecule has 4 rings (SSSR count). The fourth-order valence-electron chi connectivity index (χ4n) is 3.68. The van der Waals surface area contributed by atoms with Crippen LogP contribution in [0.3, 0.4) is 0 Å². The Morgan fingerprint density at radius 1 is 0.897 bits per heavy atom. The maximum Gasteiger partial charge on any atom is 0.198 e. The molecule has 29 heavy (non-hydrogen) atoms. The summed E-state index contributed by atoms with van der Waals surface area (Å²) in [5.41, 5.74) is 4.12. The third-order valence-electron chi connectivity index (χ3n) is 5.37. The summed E-state index contributed by atoms with van der Waals surface area (Å²) in [6.45, 7) is 2.08. The van der Waals surface area contributed by atoms with Crippen molar-refractivity contribution in [3.8, 4) is 28.3 Å². The Hall–Kier alpha value is -2.63. The summed E-state index contributed by atoms with van der Waals surface area (Å²) in [6, 6.07) is 16.3. The number of benzene rings is 2. The number of aryl methyl sites for hydroxylation is 1. The van der Waals surface area contributed by atoms with Crippen molar-refractivity contribution in [1.29, 1.82) is 0 Å². The lowest BCUT2D eigenvalue weighted by Gasteiger charge is -2.22. The lowest BCUT2D eigenvalue weighted by molar-refractivity contribution is 0.118. The number of aliphatic hydroxyl groups is 2. The van der Waals surface area contributed by atoms with Crippen molar-refractivity contribution in [3.63, 3.8) is 0 Å². The van der Waals surface area contributed by atoms with Crippen LogP contribution < -0.4 is 4.74 Å². The van der Waals surface area contributed by atoms with Crippen LogP contribution in [0.1, 0.15) is 43.1 Å². The zero-order valence-corrected chi connectivity index (χ0v) is 17.3. The quantitative estimate of drug-likeness (QED) is 0.653. The molecule has 0 aliphatic heterocycles. The van der Waals surface area contributed by atoms with E-state index >= 15 is 0 Å². The summed E-state index contributed by atoms with van der Waals surface area (Å²) in [5.74, 6) is 2.68. The number of aromatic nitrogens is 1. The van der Waals surface area contributed by atoms with E-state index in [4.69, 9.17) is 19.2 Å². The molecule has 1 heterocycles. The number of methoxy groups -OCH3 is 1. The molecule has 1 aromatic heterocycles. The molecule has 1 fully saturated rings. The number of hydrogen-bond acceptors (Lipinski definition) is 5. The Morgan fingerprint density at radius 3 is 2.07 bits per heavy atom. The van der Waals surface area contributed by atoms with Crippen LogP contribution in [0.15, 0.2) is 52.9 Å². The van der Waals surface area contributed by atoms with Crippen LogP contribution in [0.4, 0.5) is 0 Å². The number of aliphatic hydroxyl groups excluding tert-OH is 2. The van der Waals surface area contributed by atoms with Crippen molar-refractivity contribution < 1.29 is 19.4 Å². The molecule has 2 N–H and O–H groups in total. The van der Waals surface area contributed by atoms with Crippen molar-refractivity contribution in [2.75, 3.05) is 14.2 Å². The van der Waals surface area contributed by atoms with Crippen molar-refractivity contribution in [1.82, 2.24) is 4.98 Å². The molecule has 3 aromatic rings. The molecule has 1 aliphatic carbocycles. The predicted molar refractivity (Wildman–Crippen MR) is 114 cm³/mol. The van der Waals surface area contributed by atoms with Crippen LogP contribution in [0.5, 0.6) is 5.75 Å². The van der Waals surface area contributed by atoms with E-state index in [1.807, 2.05) is 24.3 Å². The second-order valence-corrected chi connectivity index (χ2v) is 7.33. The molecule has 0 spiro atoms. The average molecular weight is 395 g/mol. The molecule has 1 saturated carbocycles. The van der Waals surface area contributed by atoms with Crippen LogP contribution >= 0.6 is 0 Å². The van der Waals surface area contributed by atoms with E-state index in [1.54, 1.807) is 7.11 Å². The first kappa shape index (κ1) is 21.1. The highest BCUT2D eigenvalue weighted by Gasteiger charge is 2.27. The van der Waals surface area contributed by atoms with Gasteiger partial charge in [-0.25, -0.2) is 4.98 Å². The summed E-state index contributed by atoms with van der Waals surface area (Å²) in [6.07, 6.45) is 3.26. The Morgan fingerprint density at radius 2 is 1.48 bits per heavy atom. The van der Waals surface area contributed by atoms with E-state index in [2.05, 4.69) is 31.2 Å². The molecular weight excluding hydrogens is 366 g/mol. The monoisotopic (exact) mass is 395 g/mol. The predicted octanol–water partition coefficient (Wildman–Crippen LogP) is 4.95. The zero-order valence-electron chi connectivity index (χ0n) is 17.3. The highest BCUT2D eigenvalue weighted by atomic mass is 16.5. The maximum atomic E-state index is 9.80. The van der Waals surface area contributed by atoms with Gasteiger partial charge < -0.3 is 19.4 Å². The third-order valence-corrected chi connectivity index (χ3v) is 5.37. The molecule has 0 saturated heterocycles. The average Bonchev–Trinajstić information content (AvgIpc) is 3.21. The summed E-state index contributed by atoms with van der Waals surface area (Å²) >= 11 is 0. The van der Waals surface area contributed by atoms with Crippen molar-refractivity contribution >= 4 is 0 Å². The number of ether oxygens (including phenoxy) is 1. The number of rotatable bonds is 4. The number of nitrogens with zero attached hydrogens (tertiary/aromatic N) is 1. The van der Waals surface area contributed by atoms with E-state index in [9.17, 15) is 5.11 Å². The molecule has 0 bridgehead atoms. The summed E-state index contributed by atoms with van der Waals surface area (Å²) in [7, 11) is 2.67. The Bertz CT molecular complexity index is 892. The summed E-state index contributed by atoms with van der Waals surface area (Å²) < 4.78 is 11.6. The first-order chi connectivity index (χ1) is 14.1. The van der Waals surface area contributed by atoms with Gasteiger partial charge >= 0.3 is 0 Å². The lowest BCUT2D eigenvalue weighted by Crippen LogP contribution is -2.17. The van der Waals surface area contributed by atoms with Gasteiger partial charge in [0.25, 0.3) is 0 Å². The van der Waals surface area contributed by atoms with E-state index in [1.165, 1.54) is 5.56 Å². The molecule has 0 radical (unpaired) electrons. The van der Waals surface area contributed by atoms with Crippen LogP contribution in [0, 0.1) is 6.92 Å². The molecule has 0 unspecified atom stereocenters. The zero-order chi connectivity index (χ0) is 20.8. The molecule has 1 aliphatic rings. The van der Waals surface area contributed by atoms with Crippen molar-refractivity contribution in [3.05, 3.63) is 60.0 Å². The fourth-order valence-corrected chi connectivity index (χ4v) is 3.68. The van der Waals surface area contributed by atoms with Gasteiger partial charge in [-0.2, -0.15) is 0 Å². The van der Waals surface area contributed by atoms with E-state index in [-0.39, 0.29) is 12.0 Å². The van der Waals surface area contributed by atoms with Gasteiger partial charge in [0.05, 0.1) is 13.2 Å². The molecule has 0 atom stereocenters. The topological polar surface area (TPSA) is 75.7 Å². The standard InChI is InChI=1S/C23H25NO3.CH4O/c1-15-3-5-17(6-4-15)22-21(16-9-13-20(26-2)14-10-16)24-23(27-22)18-7-11-19(25)12-8-18;1-2/h3-6,9-10,13-14,18-19,25H,7-8,11-12H2,1-2H3;2H,1H3. The first-order valence-corrected chi connectivity index (χ1v) is 9.99. The second-order valence-electron chi connectivity index (χ2n) is 7.33. The normalized spacial score (nSPS) is 18.7. The molecule has 154 valence electrons. The molecule has 2 aromatic carbocycles. The van der Waals surface area contributed by atoms with Crippen LogP contribution in [-0.4, -0.2) is 35.5 Å². The highest BCUT2D eigenvalue weighted by Crippen LogP contribution is 2.39. The largest absolute Gasteiger partial charge is 0.497 e. The lowest BCUT2D eigenvalue weighted by atomic mass is 9.87. The van der Waals surface area contributed by atoms with Gasteiger partial charge in [-0.05, 0) is 56.9 Å². The Balaban J connectivity index is 0.00000117. The van der Waals surface area contributed by atoms with E-state index < -0.39 is 0 Å². The van der Waals surface area contributed by atoms with Crippen molar-refractivity contribution in [2.24, 2.45) is 0 Å². The maximum absolute atomic E-state index is 9.80. The van der Waals surface area contributed by atoms with Crippen LogP contribution in [0.25, 0.3) is 22.6 Å². The van der Waals surface area contributed by atoms with Gasteiger partial charge in [-0.15, -0.1) is 0 Å². The van der Waals surface area contributed by atoms with Crippen LogP contribution in [-0.2, 0) is 0 Å². The van der Waals surface area contributed by atoms with Gasteiger partial charge in [0, 0.05) is 24.2 Å². The van der Waals surface area contributed by atoms with Gasteiger partial charge in [0.1, 0.15) is 11.4 Å². The minimum Gasteiger partial charge on any atom is -0.497 e. The van der Waals surface area contributed by atoms with Crippen LogP contribution in [0.2, 0.25) is 0 Å². The molecular formula is C24H29NO4. The van der Waals surface area contributed by atoms with Gasteiger partial charge in [0.2, 0.25) is 0 Å². The van der Waals surface area contributed by atoms with Gasteiger partial charge in [-0.3, -0.25) is 0 Å². The smallest absolute Gasteiger partial charge is 0.198 e. The highest BCUT2D eigenvalue weighted by molar-refractivity contribution is 5.77. The van der Waals surface area contributed by atoms with E-state index in [0.29, 0.717) is 0 Å². The van der Waals surface area contributed by atoms with Gasteiger partial charge in [0.15, 0.2) is 11.7 Å². The Labute approximate surface area is 172 Å². The SMILES string of the molecule is CO.COc1ccc(-c2nc(C3CCC(O)CC3)oc2-c2ccc(C)cc2)cc1. The molecule has 5 heteroatoms. The number of oxazole rings is 1. The fraction of sp³-hybridized carbons (Fsp3) is 0.375. The Kier molecular flexibility index (Phi) is 7.07. The summed E-state index contributed by atoms with van der Waals surface area (Å²) in [5, 5.41) is 16.8. The van der Waals surface area contributed by atoms with Gasteiger partial charge in [-0.1, -0.05) is 29.8 Å². The summed E-state index contributed by atoms with van der Waals surface area (Å²) in [4.78, 5) is 4.89. The minimum atomic E-state index is -0.186. The number of hydrogen-bond donors (Lipinski definition) is 2. The third kappa shape index (κ3) is 4.86. The first-order valence-electron chi connectivity index (χ1n) is 9.99. The molecule has 0 amide bonds. The van der Waals surface area contributed by atoms with Crippen molar-refractivity contribution in [2.45, 2.75) is 44.6 Å². The second kappa shape index (κ2) is 9.72. The minimum absolute atomic E-state index is 0.186. The molecule has 5 nitrogen and oxygen atoms in total. The van der Waals surface area contributed by atoms with E-state index in [0.717, 1.165) is 67.0 Å².